The van der Waals surface area contributed by atoms with E-state index in [1.54, 1.807) is 55.7 Å². The maximum atomic E-state index is 11.6. The third-order valence-electron chi connectivity index (χ3n) is 3.75. The van der Waals surface area contributed by atoms with Gasteiger partial charge in [-0.2, -0.15) is 0 Å². The summed E-state index contributed by atoms with van der Waals surface area (Å²) in [5, 5.41) is 2.83. The van der Waals surface area contributed by atoms with Crippen LogP contribution in [0.3, 0.4) is 0 Å². The van der Waals surface area contributed by atoms with E-state index in [0.29, 0.717) is 17.1 Å². The molecule has 0 saturated heterocycles. The highest BCUT2D eigenvalue weighted by molar-refractivity contribution is 5.92. The molecule has 1 atom stereocenters. The van der Waals surface area contributed by atoms with Crippen molar-refractivity contribution >= 4 is 17.6 Å². The molecule has 142 valence electrons. The predicted octanol–water partition coefficient (Wildman–Crippen LogP) is 1.72. The van der Waals surface area contributed by atoms with Gasteiger partial charge in [-0.3, -0.25) is 14.6 Å². The van der Waals surface area contributed by atoms with Crippen LogP contribution in [0, 0.1) is 0 Å². The third kappa shape index (κ3) is 4.58. The molecule has 0 radical (unpaired) electrons. The highest BCUT2D eigenvalue weighted by atomic mass is 16.5. The molecule has 2 aromatic heterocycles. The van der Waals surface area contributed by atoms with Crippen LogP contribution in [0.5, 0.6) is 11.5 Å². The van der Waals surface area contributed by atoms with Crippen LogP contribution in [-0.4, -0.2) is 32.8 Å². The molecule has 2 heterocycles. The average molecular weight is 378 g/mol. The van der Waals surface area contributed by atoms with E-state index in [1.165, 1.54) is 6.07 Å². The van der Waals surface area contributed by atoms with E-state index < -0.39 is 17.9 Å². The highest BCUT2D eigenvalue weighted by Crippen LogP contribution is 2.24. The van der Waals surface area contributed by atoms with Gasteiger partial charge in [-0.1, -0.05) is 0 Å². The number of benzene rings is 1. The molecule has 3 rings (SSSR count). The Morgan fingerprint density at radius 2 is 1.82 bits per heavy atom. The Labute approximate surface area is 160 Å². The van der Waals surface area contributed by atoms with Crippen molar-refractivity contribution < 1.29 is 14.3 Å². The van der Waals surface area contributed by atoms with E-state index in [1.807, 2.05) is 0 Å². The number of nitrogens with two attached hydrogens (primary N) is 2. The van der Waals surface area contributed by atoms with Crippen LogP contribution < -0.4 is 21.5 Å². The monoisotopic (exact) mass is 378 g/mol. The van der Waals surface area contributed by atoms with Gasteiger partial charge in [-0.15, -0.1) is 0 Å². The number of pyridine rings is 1. The van der Waals surface area contributed by atoms with Crippen molar-refractivity contribution in [2.45, 2.75) is 13.0 Å². The topological polar surface area (TPSA) is 146 Å². The molecule has 28 heavy (non-hydrogen) atoms. The predicted molar refractivity (Wildman–Crippen MR) is 103 cm³/mol. The number of rotatable bonds is 7. The summed E-state index contributed by atoms with van der Waals surface area (Å²) in [5.74, 6) is 0.467. The molecule has 3 aromatic rings. The minimum absolute atomic E-state index is 0.0138. The summed E-state index contributed by atoms with van der Waals surface area (Å²) >= 11 is 0. The number of primary amides is 2. The molecule has 0 aliphatic rings. The molecule has 1 aromatic carbocycles. The zero-order valence-electron chi connectivity index (χ0n) is 15.0. The normalized spacial score (nSPS) is 11.5. The summed E-state index contributed by atoms with van der Waals surface area (Å²) in [6, 6.07) is 11.2. The van der Waals surface area contributed by atoms with Crippen molar-refractivity contribution in [1.29, 1.82) is 0 Å². The summed E-state index contributed by atoms with van der Waals surface area (Å²) in [6.45, 7) is 1.58. The Kier molecular flexibility index (Phi) is 5.45. The first-order valence-electron chi connectivity index (χ1n) is 8.35. The number of carbonyl (C=O) groups excluding carboxylic acids is 2. The molecule has 9 nitrogen and oxygen atoms in total. The van der Waals surface area contributed by atoms with Gasteiger partial charge < -0.3 is 21.5 Å². The number of carbonyl (C=O) groups is 2. The van der Waals surface area contributed by atoms with Gasteiger partial charge >= 0.3 is 0 Å². The minimum atomic E-state index is -0.713. The van der Waals surface area contributed by atoms with Crippen LogP contribution in [0.4, 0.5) is 5.82 Å². The van der Waals surface area contributed by atoms with E-state index in [9.17, 15) is 9.59 Å². The van der Waals surface area contributed by atoms with Crippen molar-refractivity contribution in [1.82, 2.24) is 15.0 Å². The van der Waals surface area contributed by atoms with E-state index in [-0.39, 0.29) is 17.3 Å². The first kappa shape index (κ1) is 18.8. The van der Waals surface area contributed by atoms with Crippen molar-refractivity contribution in [2.24, 2.45) is 11.5 Å². The maximum Gasteiger partial charge on any atom is 0.267 e. The Hall–Kier alpha value is -4.01. The largest absolute Gasteiger partial charge is 0.456 e. The lowest BCUT2D eigenvalue weighted by Gasteiger charge is -2.13. The fourth-order valence-electron chi connectivity index (χ4n) is 2.29. The van der Waals surface area contributed by atoms with Gasteiger partial charge in [-0.05, 0) is 43.3 Å². The van der Waals surface area contributed by atoms with Crippen molar-refractivity contribution in [3.8, 4) is 22.9 Å². The standard InChI is InChI=1S/C19H18N6O3/c1-11(17(20)26)23-16-9-15(18(21)27)24-19(25-16)12-4-6-13(7-5-12)28-14-3-2-8-22-10-14/h2-11H,1H3,(H2,20,26)(H2,21,27)(H,23,24,25). The molecule has 2 amide bonds. The number of hydrogen-bond acceptors (Lipinski definition) is 7. The number of ether oxygens (including phenoxy) is 1. The lowest BCUT2D eigenvalue weighted by Crippen LogP contribution is -2.33. The number of aromatic nitrogens is 3. The first-order chi connectivity index (χ1) is 13.4. The van der Waals surface area contributed by atoms with Gasteiger partial charge in [0.05, 0.1) is 6.20 Å². The fourth-order valence-corrected chi connectivity index (χ4v) is 2.29. The van der Waals surface area contributed by atoms with Crippen molar-refractivity contribution in [3.63, 3.8) is 0 Å². The highest BCUT2D eigenvalue weighted by Gasteiger charge is 2.14. The minimum Gasteiger partial charge on any atom is -0.456 e. The van der Waals surface area contributed by atoms with Crippen LogP contribution in [0.1, 0.15) is 17.4 Å². The third-order valence-corrected chi connectivity index (χ3v) is 3.75. The molecule has 1 unspecified atom stereocenters. The first-order valence-corrected chi connectivity index (χ1v) is 8.35. The Morgan fingerprint density at radius 1 is 1.07 bits per heavy atom. The van der Waals surface area contributed by atoms with E-state index >= 15 is 0 Å². The van der Waals surface area contributed by atoms with Gasteiger partial charge in [0.1, 0.15) is 29.1 Å². The second kappa shape index (κ2) is 8.12. The van der Waals surface area contributed by atoms with Crippen LogP contribution in [-0.2, 0) is 4.79 Å². The van der Waals surface area contributed by atoms with E-state index in [4.69, 9.17) is 16.2 Å². The molecule has 0 fully saturated rings. The summed E-state index contributed by atoms with van der Waals surface area (Å²) < 4.78 is 5.69. The molecular weight excluding hydrogens is 360 g/mol. The lowest BCUT2D eigenvalue weighted by molar-refractivity contribution is -0.118. The van der Waals surface area contributed by atoms with Crippen LogP contribution in [0.25, 0.3) is 11.4 Å². The van der Waals surface area contributed by atoms with E-state index in [0.717, 1.165) is 0 Å². The lowest BCUT2D eigenvalue weighted by atomic mass is 10.2. The summed E-state index contributed by atoms with van der Waals surface area (Å²) in [7, 11) is 0. The molecule has 0 bridgehead atoms. The number of anilines is 1. The van der Waals surface area contributed by atoms with Gasteiger partial charge in [-0.25, -0.2) is 9.97 Å². The average Bonchev–Trinajstić information content (AvgIpc) is 2.69. The maximum absolute atomic E-state index is 11.6. The Bertz CT molecular complexity index is 992. The zero-order chi connectivity index (χ0) is 20.1. The second-order valence-corrected chi connectivity index (χ2v) is 5.91. The van der Waals surface area contributed by atoms with Gasteiger partial charge in [0, 0.05) is 17.8 Å². The van der Waals surface area contributed by atoms with Gasteiger partial charge in [0.15, 0.2) is 5.82 Å². The number of amides is 2. The molecule has 0 aliphatic heterocycles. The Morgan fingerprint density at radius 3 is 2.43 bits per heavy atom. The van der Waals surface area contributed by atoms with E-state index in [2.05, 4.69) is 20.3 Å². The molecule has 9 heteroatoms. The summed E-state index contributed by atoms with van der Waals surface area (Å²) in [6.07, 6.45) is 3.26. The summed E-state index contributed by atoms with van der Waals surface area (Å²) in [5.41, 5.74) is 11.3. The SMILES string of the molecule is CC(Nc1cc(C(N)=O)nc(-c2ccc(Oc3cccnc3)cc2)n1)C(N)=O. The van der Waals surface area contributed by atoms with Crippen LogP contribution in [0.2, 0.25) is 0 Å². The van der Waals surface area contributed by atoms with Crippen LogP contribution >= 0.6 is 0 Å². The van der Waals surface area contributed by atoms with Gasteiger partial charge in [0.2, 0.25) is 5.91 Å². The quantitative estimate of drug-likeness (QED) is 0.567. The molecule has 5 N–H and O–H groups in total. The Balaban J connectivity index is 1.88. The molecule has 0 saturated carbocycles. The van der Waals surface area contributed by atoms with Crippen molar-refractivity contribution in [3.05, 3.63) is 60.6 Å². The zero-order valence-corrected chi connectivity index (χ0v) is 15.0. The molecular formula is C19H18N6O3. The van der Waals surface area contributed by atoms with Gasteiger partial charge in [0.25, 0.3) is 5.91 Å². The smallest absolute Gasteiger partial charge is 0.267 e. The van der Waals surface area contributed by atoms with Crippen molar-refractivity contribution in [2.75, 3.05) is 5.32 Å². The molecule has 0 aliphatic carbocycles. The van der Waals surface area contributed by atoms with Crippen LogP contribution in [0.15, 0.2) is 54.9 Å². The fraction of sp³-hybridized carbons (Fsp3) is 0.105. The number of hydrogen-bond donors (Lipinski definition) is 3. The molecule has 0 spiro atoms. The summed E-state index contributed by atoms with van der Waals surface area (Å²) in [4.78, 5) is 35.4. The number of nitrogens with one attached hydrogen (secondary N) is 1. The second-order valence-electron chi connectivity index (χ2n) is 5.91. The number of nitrogens with zero attached hydrogens (tertiary/aromatic N) is 3.